The molecule has 0 N–H and O–H groups in total. The highest BCUT2D eigenvalue weighted by Gasteiger charge is 2.17. The van der Waals surface area contributed by atoms with Crippen LogP contribution in [0.3, 0.4) is 0 Å². The summed E-state index contributed by atoms with van der Waals surface area (Å²) in [7, 11) is 0. The van der Waals surface area contributed by atoms with Crippen LogP contribution in [0.25, 0.3) is 10.9 Å². The zero-order valence-corrected chi connectivity index (χ0v) is 14.8. The van der Waals surface area contributed by atoms with Gasteiger partial charge in [0.1, 0.15) is 0 Å². The van der Waals surface area contributed by atoms with Gasteiger partial charge in [0.15, 0.2) is 5.78 Å². The number of hydrogen-bond acceptors (Lipinski definition) is 1. The van der Waals surface area contributed by atoms with Gasteiger partial charge in [-0.25, -0.2) is 0 Å². The van der Waals surface area contributed by atoms with E-state index in [-0.39, 0.29) is 11.7 Å². The van der Waals surface area contributed by atoms with Gasteiger partial charge in [-0.3, -0.25) is 4.79 Å². The molecule has 1 heterocycles. The van der Waals surface area contributed by atoms with Gasteiger partial charge >= 0.3 is 0 Å². The van der Waals surface area contributed by atoms with Crippen molar-refractivity contribution in [1.29, 1.82) is 0 Å². The molecular weight excluding hydrogens is 318 g/mol. The van der Waals surface area contributed by atoms with E-state index in [1.165, 1.54) is 16.5 Å². The van der Waals surface area contributed by atoms with Crippen molar-refractivity contribution in [3.63, 3.8) is 0 Å². The van der Waals surface area contributed by atoms with Gasteiger partial charge in [0.25, 0.3) is 0 Å². The smallest absolute Gasteiger partial charge is 0.170 e. The lowest BCUT2D eigenvalue weighted by Crippen LogP contribution is -2.09. The first-order valence-electron chi connectivity index (χ1n) is 8.94. The zero-order chi connectivity index (χ0) is 17.9. The van der Waals surface area contributed by atoms with Gasteiger partial charge in [-0.2, -0.15) is 0 Å². The maximum atomic E-state index is 12.7. The topological polar surface area (TPSA) is 22.0 Å². The summed E-state index contributed by atoms with van der Waals surface area (Å²) in [6.07, 6.45) is 2.12. The van der Waals surface area contributed by atoms with E-state index >= 15 is 0 Å². The molecule has 0 saturated heterocycles. The lowest BCUT2D eigenvalue weighted by molar-refractivity contribution is 0.0966. The monoisotopic (exact) mass is 339 g/mol. The summed E-state index contributed by atoms with van der Waals surface area (Å²) in [6, 6.07) is 28.4. The second-order valence-electron chi connectivity index (χ2n) is 6.70. The van der Waals surface area contributed by atoms with Crippen molar-refractivity contribution >= 4 is 16.7 Å². The van der Waals surface area contributed by atoms with Crippen LogP contribution in [-0.4, -0.2) is 10.4 Å². The Labute approximate surface area is 153 Å². The molecule has 4 aromatic rings. The third-order valence-electron chi connectivity index (χ3n) is 4.94. The van der Waals surface area contributed by atoms with Gasteiger partial charge in [0.05, 0.1) is 0 Å². The Bertz CT molecular complexity index is 1030. The Morgan fingerprint density at radius 1 is 0.885 bits per heavy atom. The van der Waals surface area contributed by atoms with Crippen molar-refractivity contribution in [1.82, 2.24) is 4.57 Å². The molecule has 1 unspecified atom stereocenters. The highest BCUT2D eigenvalue weighted by atomic mass is 16.1. The molecule has 1 atom stereocenters. The third kappa shape index (κ3) is 3.18. The number of ketones is 1. The van der Waals surface area contributed by atoms with Gasteiger partial charge in [0.2, 0.25) is 0 Å². The number of hydrogen-bond donors (Lipinski definition) is 0. The molecule has 0 bridgehead atoms. The van der Waals surface area contributed by atoms with Crippen LogP contribution in [-0.2, 0) is 6.54 Å². The van der Waals surface area contributed by atoms with Gasteiger partial charge < -0.3 is 4.57 Å². The molecule has 3 aromatic carbocycles. The normalized spacial score (nSPS) is 12.2. The summed E-state index contributed by atoms with van der Waals surface area (Å²) in [5, 5.41) is 1.17. The molecule has 0 aliphatic heterocycles. The summed E-state index contributed by atoms with van der Waals surface area (Å²) < 4.78 is 2.25. The number of carbonyl (C=O) groups is 1. The second kappa shape index (κ2) is 7.01. The Kier molecular flexibility index (Phi) is 4.40. The average molecular weight is 339 g/mol. The maximum Gasteiger partial charge on any atom is 0.170 e. The van der Waals surface area contributed by atoms with E-state index in [9.17, 15) is 4.79 Å². The van der Waals surface area contributed by atoms with Crippen LogP contribution in [0, 0.1) is 0 Å². The van der Waals surface area contributed by atoms with Crippen molar-refractivity contribution < 1.29 is 4.79 Å². The molecule has 4 rings (SSSR count). The van der Waals surface area contributed by atoms with Crippen molar-refractivity contribution in [2.24, 2.45) is 0 Å². The molecule has 0 fully saturated rings. The SMILES string of the molecule is CC(C(=O)c1ccccc1)c1ccc2c(ccn2Cc2ccccc2)c1. The number of carbonyl (C=O) groups excluding carboxylic acids is 1. The number of aromatic nitrogens is 1. The molecular formula is C24H21NO. The predicted octanol–water partition coefficient (Wildman–Crippen LogP) is 5.68. The van der Waals surface area contributed by atoms with E-state index in [0.717, 1.165) is 17.7 Å². The number of nitrogens with zero attached hydrogens (tertiary/aromatic N) is 1. The van der Waals surface area contributed by atoms with E-state index in [0.29, 0.717) is 0 Å². The van der Waals surface area contributed by atoms with E-state index in [2.05, 4.69) is 59.3 Å². The molecule has 1 aromatic heterocycles. The third-order valence-corrected chi connectivity index (χ3v) is 4.94. The van der Waals surface area contributed by atoms with Gasteiger partial charge in [-0.1, -0.05) is 73.7 Å². The fourth-order valence-corrected chi connectivity index (χ4v) is 3.41. The largest absolute Gasteiger partial charge is 0.343 e. The lowest BCUT2D eigenvalue weighted by Gasteiger charge is -2.12. The maximum absolute atomic E-state index is 12.7. The quantitative estimate of drug-likeness (QED) is 0.429. The van der Waals surface area contributed by atoms with Crippen LogP contribution in [0.5, 0.6) is 0 Å². The first-order chi connectivity index (χ1) is 12.7. The fraction of sp³-hybridized carbons (Fsp3) is 0.125. The molecule has 0 saturated carbocycles. The molecule has 0 aliphatic rings. The highest BCUT2D eigenvalue weighted by Crippen LogP contribution is 2.26. The van der Waals surface area contributed by atoms with Gasteiger partial charge in [-0.05, 0) is 34.7 Å². The average Bonchev–Trinajstić information content (AvgIpc) is 3.10. The van der Waals surface area contributed by atoms with Crippen LogP contribution < -0.4 is 0 Å². The minimum Gasteiger partial charge on any atom is -0.343 e. The molecule has 26 heavy (non-hydrogen) atoms. The predicted molar refractivity (Wildman–Crippen MR) is 107 cm³/mol. The van der Waals surface area contributed by atoms with Crippen LogP contribution in [0.2, 0.25) is 0 Å². The first kappa shape index (κ1) is 16.3. The second-order valence-corrected chi connectivity index (χ2v) is 6.70. The minimum absolute atomic E-state index is 0.153. The number of fused-ring (bicyclic) bond motifs is 1. The van der Waals surface area contributed by atoms with E-state index < -0.39 is 0 Å². The van der Waals surface area contributed by atoms with E-state index in [1.54, 1.807) is 0 Å². The minimum atomic E-state index is -0.153. The summed E-state index contributed by atoms with van der Waals surface area (Å²) >= 11 is 0. The van der Waals surface area contributed by atoms with Crippen molar-refractivity contribution in [2.45, 2.75) is 19.4 Å². The molecule has 0 aliphatic carbocycles. The lowest BCUT2D eigenvalue weighted by atomic mass is 9.92. The van der Waals surface area contributed by atoms with Crippen LogP contribution in [0.4, 0.5) is 0 Å². The summed E-state index contributed by atoms with van der Waals surface area (Å²) in [5.74, 6) is 0.00735. The molecule has 0 amide bonds. The summed E-state index contributed by atoms with van der Waals surface area (Å²) in [6.45, 7) is 2.83. The van der Waals surface area contributed by atoms with Crippen LogP contribution in [0.15, 0.2) is 91.1 Å². The molecule has 0 spiro atoms. The van der Waals surface area contributed by atoms with Crippen molar-refractivity contribution in [2.75, 3.05) is 0 Å². The standard InChI is InChI=1S/C24H21NO/c1-18(24(26)20-10-6-3-7-11-20)21-12-13-23-22(16-21)14-15-25(23)17-19-8-4-2-5-9-19/h2-16,18H,17H2,1H3. The number of Topliss-reactive ketones (excluding diaryl/α,β-unsaturated/α-hetero) is 1. The Morgan fingerprint density at radius 2 is 1.58 bits per heavy atom. The van der Waals surface area contributed by atoms with E-state index in [4.69, 9.17) is 0 Å². The number of benzene rings is 3. The Morgan fingerprint density at radius 3 is 2.31 bits per heavy atom. The Balaban J connectivity index is 1.61. The van der Waals surface area contributed by atoms with E-state index in [1.807, 2.05) is 43.3 Å². The molecule has 2 heteroatoms. The zero-order valence-electron chi connectivity index (χ0n) is 14.8. The van der Waals surface area contributed by atoms with Crippen molar-refractivity contribution in [3.05, 3.63) is 108 Å². The first-order valence-corrected chi connectivity index (χ1v) is 8.94. The summed E-state index contributed by atoms with van der Waals surface area (Å²) in [5.41, 5.74) is 4.30. The molecule has 0 radical (unpaired) electrons. The van der Waals surface area contributed by atoms with Gasteiger partial charge in [-0.15, -0.1) is 0 Å². The number of rotatable bonds is 5. The van der Waals surface area contributed by atoms with Crippen LogP contribution in [0.1, 0.15) is 34.3 Å². The molecule has 2 nitrogen and oxygen atoms in total. The highest BCUT2D eigenvalue weighted by molar-refractivity contribution is 6.01. The van der Waals surface area contributed by atoms with Gasteiger partial charge in [0, 0.05) is 29.7 Å². The summed E-state index contributed by atoms with van der Waals surface area (Å²) in [4.78, 5) is 12.7. The Hall–Kier alpha value is -3.13. The fourth-order valence-electron chi connectivity index (χ4n) is 3.41. The van der Waals surface area contributed by atoms with Crippen molar-refractivity contribution in [3.8, 4) is 0 Å². The van der Waals surface area contributed by atoms with Crippen LogP contribution >= 0.6 is 0 Å². The molecule has 128 valence electrons.